The highest BCUT2D eigenvalue weighted by Crippen LogP contribution is 1.93. The molecule has 1 unspecified atom stereocenters. The maximum absolute atomic E-state index is 10.9. The van der Waals surface area contributed by atoms with E-state index in [2.05, 4.69) is 19.2 Å². The minimum atomic E-state index is -0.166. The molecular weight excluding hydrogens is 154 g/mol. The maximum atomic E-state index is 10.9. The molecule has 12 heavy (non-hydrogen) atoms. The summed E-state index contributed by atoms with van der Waals surface area (Å²) in [6, 6.07) is 0.402. The van der Waals surface area contributed by atoms with Gasteiger partial charge in [0.2, 0.25) is 0 Å². The summed E-state index contributed by atoms with van der Waals surface area (Å²) >= 11 is 0. The predicted octanol–water partition coefficient (Wildman–Crippen LogP) is 1.33. The molecule has 0 heterocycles. The standard InChI is InChI=1S/C9H19NO2/c1-4-6-8(3)10-7-9(11)12-5-2/h8,10H,4-7H2,1-3H3. The van der Waals surface area contributed by atoms with Gasteiger partial charge in [-0.3, -0.25) is 4.79 Å². The van der Waals surface area contributed by atoms with Gasteiger partial charge in [0, 0.05) is 6.04 Å². The van der Waals surface area contributed by atoms with Crippen LogP contribution in [-0.2, 0) is 9.53 Å². The quantitative estimate of drug-likeness (QED) is 0.616. The first-order valence-electron chi connectivity index (χ1n) is 4.59. The third-order valence-electron chi connectivity index (χ3n) is 1.62. The zero-order valence-electron chi connectivity index (χ0n) is 8.22. The molecule has 0 radical (unpaired) electrons. The molecule has 0 saturated carbocycles. The Labute approximate surface area is 74.5 Å². The van der Waals surface area contributed by atoms with E-state index in [0.717, 1.165) is 12.8 Å². The normalized spacial score (nSPS) is 12.6. The van der Waals surface area contributed by atoms with E-state index in [1.54, 1.807) is 0 Å². The van der Waals surface area contributed by atoms with E-state index >= 15 is 0 Å². The zero-order valence-corrected chi connectivity index (χ0v) is 8.22. The highest BCUT2D eigenvalue weighted by atomic mass is 16.5. The highest BCUT2D eigenvalue weighted by molar-refractivity contribution is 5.71. The van der Waals surface area contributed by atoms with Gasteiger partial charge >= 0.3 is 5.97 Å². The fourth-order valence-corrected chi connectivity index (χ4v) is 1.00. The Bertz CT molecular complexity index is 126. The molecule has 0 fully saturated rings. The van der Waals surface area contributed by atoms with Crippen LogP contribution in [0, 0.1) is 0 Å². The summed E-state index contributed by atoms with van der Waals surface area (Å²) in [5.74, 6) is -0.166. The summed E-state index contributed by atoms with van der Waals surface area (Å²) in [7, 11) is 0. The molecule has 3 nitrogen and oxygen atoms in total. The Hall–Kier alpha value is -0.570. The van der Waals surface area contributed by atoms with Gasteiger partial charge in [-0.15, -0.1) is 0 Å². The second-order valence-electron chi connectivity index (χ2n) is 2.88. The average Bonchev–Trinajstić information content (AvgIpc) is 2.02. The predicted molar refractivity (Wildman–Crippen MR) is 49.0 cm³/mol. The molecule has 1 atom stereocenters. The SMILES string of the molecule is CCCC(C)NCC(=O)OCC. The minimum Gasteiger partial charge on any atom is -0.465 e. The van der Waals surface area contributed by atoms with Gasteiger partial charge in [0.1, 0.15) is 0 Å². The van der Waals surface area contributed by atoms with Crippen LogP contribution in [0.5, 0.6) is 0 Å². The molecular formula is C9H19NO2. The lowest BCUT2D eigenvalue weighted by Gasteiger charge is -2.11. The van der Waals surface area contributed by atoms with Gasteiger partial charge in [-0.1, -0.05) is 13.3 Å². The summed E-state index contributed by atoms with van der Waals surface area (Å²) in [4.78, 5) is 10.9. The van der Waals surface area contributed by atoms with Crippen LogP contribution < -0.4 is 5.32 Å². The van der Waals surface area contributed by atoms with Gasteiger partial charge < -0.3 is 10.1 Å². The molecule has 0 aromatic heterocycles. The van der Waals surface area contributed by atoms with Gasteiger partial charge in [0.05, 0.1) is 13.2 Å². The largest absolute Gasteiger partial charge is 0.465 e. The third kappa shape index (κ3) is 6.16. The van der Waals surface area contributed by atoms with Crippen molar-refractivity contribution in [1.29, 1.82) is 0 Å². The molecule has 0 saturated heterocycles. The van der Waals surface area contributed by atoms with Crippen LogP contribution in [-0.4, -0.2) is 25.2 Å². The molecule has 0 aliphatic carbocycles. The van der Waals surface area contributed by atoms with Crippen molar-refractivity contribution in [2.24, 2.45) is 0 Å². The molecule has 0 bridgehead atoms. The molecule has 0 aromatic rings. The van der Waals surface area contributed by atoms with E-state index in [4.69, 9.17) is 4.74 Å². The minimum absolute atomic E-state index is 0.166. The maximum Gasteiger partial charge on any atom is 0.319 e. The van der Waals surface area contributed by atoms with E-state index in [9.17, 15) is 4.79 Å². The molecule has 1 N–H and O–H groups in total. The number of esters is 1. The molecule has 0 amide bonds. The lowest BCUT2D eigenvalue weighted by molar-refractivity contribution is -0.142. The number of hydrogen-bond donors (Lipinski definition) is 1. The topological polar surface area (TPSA) is 38.3 Å². The van der Waals surface area contributed by atoms with Gasteiger partial charge in [-0.25, -0.2) is 0 Å². The first-order chi connectivity index (χ1) is 5.70. The molecule has 0 aliphatic heterocycles. The van der Waals surface area contributed by atoms with Crippen LogP contribution in [0.3, 0.4) is 0 Å². The lowest BCUT2D eigenvalue weighted by Crippen LogP contribution is -2.32. The van der Waals surface area contributed by atoms with Crippen LogP contribution in [0.1, 0.15) is 33.6 Å². The molecule has 0 rings (SSSR count). The summed E-state index contributed by atoms with van der Waals surface area (Å²) in [5, 5.41) is 3.09. The van der Waals surface area contributed by atoms with Crippen LogP contribution in [0.15, 0.2) is 0 Å². The monoisotopic (exact) mass is 173 g/mol. The lowest BCUT2D eigenvalue weighted by atomic mass is 10.2. The number of rotatable bonds is 6. The van der Waals surface area contributed by atoms with Crippen molar-refractivity contribution in [3.05, 3.63) is 0 Å². The van der Waals surface area contributed by atoms with E-state index in [-0.39, 0.29) is 5.97 Å². The number of ether oxygens (including phenoxy) is 1. The fourth-order valence-electron chi connectivity index (χ4n) is 1.00. The van der Waals surface area contributed by atoms with Gasteiger partial charge in [0.25, 0.3) is 0 Å². The van der Waals surface area contributed by atoms with E-state index in [1.807, 2.05) is 6.92 Å². The smallest absolute Gasteiger partial charge is 0.319 e. The van der Waals surface area contributed by atoms with Crippen LogP contribution in [0.25, 0.3) is 0 Å². The first kappa shape index (κ1) is 11.4. The van der Waals surface area contributed by atoms with E-state index < -0.39 is 0 Å². The number of carbonyl (C=O) groups is 1. The van der Waals surface area contributed by atoms with Crippen molar-refractivity contribution in [2.75, 3.05) is 13.2 Å². The second-order valence-corrected chi connectivity index (χ2v) is 2.88. The van der Waals surface area contributed by atoms with Crippen LogP contribution in [0.4, 0.5) is 0 Å². The summed E-state index contributed by atoms with van der Waals surface area (Å²) in [5.41, 5.74) is 0. The van der Waals surface area contributed by atoms with Crippen molar-refractivity contribution in [2.45, 2.75) is 39.7 Å². The highest BCUT2D eigenvalue weighted by Gasteiger charge is 2.03. The van der Waals surface area contributed by atoms with Crippen LogP contribution >= 0.6 is 0 Å². The van der Waals surface area contributed by atoms with Crippen LogP contribution in [0.2, 0.25) is 0 Å². The Morgan fingerprint density at radius 2 is 2.17 bits per heavy atom. The second kappa shape index (κ2) is 7.10. The van der Waals surface area contributed by atoms with Crippen molar-refractivity contribution in [3.63, 3.8) is 0 Å². The van der Waals surface area contributed by atoms with E-state index in [1.165, 1.54) is 0 Å². The molecule has 0 aliphatic rings. The van der Waals surface area contributed by atoms with Crippen molar-refractivity contribution in [3.8, 4) is 0 Å². The summed E-state index contributed by atoms with van der Waals surface area (Å²) < 4.78 is 4.77. The number of nitrogens with one attached hydrogen (secondary N) is 1. The molecule has 0 aromatic carbocycles. The van der Waals surface area contributed by atoms with Gasteiger partial charge in [-0.2, -0.15) is 0 Å². The number of hydrogen-bond acceptors (Lipinski definition) is 3. The van der Waals surface area contributed by atoms with E-state index in [0.29, 0.717) is 19.2 Å². The average molecular weight is 173 g/mol. The molecule has 72 valence electrons. The van der Waals surface area contributed by atoms with Gasteiger partial charge in [-0.05, 0) is 20.3 Å². The summed E-state index contributed by atoms with van der Waals surface area (Å²) in [6.45, 7) is 6.80. The first-order valence-corrected chi connectivity index (χ1v) is 4.59. The Kier molecular flexibility index (Phi) is 6.76. The van der Waals surface area contributed by atoms with Crippen molar-refractivity contribution < 1.29 is 9.53 Å². The van der Waals surface area contributed by atoms with Crippen molar-refractivity contribution >= 4 is 5.97 Å². The van der Waals surface area contributed by atoms with Crippen molar-refractivity contribution in [1.82, 2.24) is 5.32 Å². The zero-order chi connectivity index (χ0) is 9.40. The Morgan fingerprint density at radius 1 is 1.50 bits per heavy atom. The Morgan fingerprint density at radius 3 is 2.67 bits per heavy atom. The summed E-state index contributed by atoms with van der Waals surface area (Å²) in [6.07, 6.45) is 2.23. The molecule has 0 spiro atoms. The third-order valence-corrected chi connectivity index (χ3v) is 1.62. The fraction of sp³-hybridized carbons (Fsp3) is 0.889. The van der Waals surface area contributed by atoms with Gasteiger partial charge in [0.15, 0.2) is 0 Å². The molecule has 3 heteroatoms. The number of carbonyl (C=O) groups excluding carboxylic acids is 1. The Balaban J connectivity index is 3.33.